The molecule has 31 heavy (non-hydrogen) atoms. The summed E-state index contributed by atoms with van der Waals surface area (Å²) in [5, 5.41) is 7.43. The van der Waals surface area contributed by atoms with Gasteiger partial charge in [0.1, 0.15) is 12.1 Å². The second-order valence-corrected chi connectivity index (χ2v) is 7.70. The van der Waals surface area contributed by atoms with Gasteiger partial charge in [-0.05, 0) is 24.5 Å². The molecule has 8 nitrogen and oxygen atoms in total. The number of amides is 1. The van der Waals surface area contributed by atoms with E-state index < -0.39 is 0 Å². The minimum atomic E-state index is -0.0858. The summed E-state index contributed by atoms with van der Waals surface area (Å²) < 4.78 is 1.75. The normalized spacial score (nSPS) is 16.4. The molecular formula is C23H23N7O. The first-order valence-electron chi connectivity index (χ1n) is 10.5. The van der Waals surface area contributed by atoms with Gasteiger partial charge in [-0.25, -0.2) is 4.98 Å². The lowest BCUT2D eigenvalue weighted by Crippen LogP contribution is -2.43. The Morgan fingerprint density at radius 2 is 2.06 bits per heavy atom. The molecule has 0 spiro atoms. The lowest BCUT2D eigenvalue weighted by Gasteiger charge is -2.33. The van der Waals surface area contributed by atoms with Crippen LogP contribution in [-0.2, 0) is 11.3 Å². The molecule has 8 heteroatoms. The molecule has 1 saturated heterocycles. The van der Waals surface area contributed by atoms with E-state index in [0.717, 1.165) is 42.0 Å². The van der Waals surface area contributed by atoms with E-state index in [2.05, 4.69) is 30.3 Å². The van der Waals surface area contributed by atoms with Gasteiger partial charge in [0.25, 0.3) is 5.78 Å². The molecule has 0 bridgehead atoms. The molecule has 1 fully saturated rings. The van der Waals surface area contributed by atoms with Crippen molar-refractivity contribution in [3.8, 4) is 11.3 Å². The number of anilines is 1. The minimum Gasteiger partial charge on any atom is -0.356 e. The standard InChI is InChI=1S/C23H23N7O/c31-22(25-14-17-6-4-10-24-13-17)19-9-5-11-29(15-19)21-12-20(18-7-2-1-3-8-18)28-23-26-16-27-30(21)23/h1-4,6-8,10,12-13,16,19H,5,9,11,14-15H2,(H,25,31)/t19-/m0/s1. The number of rotatable bonds is 5. The number of nitrogens with zero attached hydrogens (tertiary/aromatic N) is 6. The van der Waals surface area contributed by atoms with Crippen molar-refractivity contribution in [3.05, 3.63) is 72.8 Å². The molecule has 5 rings (SSSR count). The fourth-order valence-electron chi connectivity index (χ4n) is 4.01. The first-order valence-corrected chi connectivity index (χ1v) is 10.5. The molecule has 0 aliphatic carbocycles. The van der Waals surface area contributed by atoms with Crippen molar-refractivity contribution in [2.45, 2.75) is 19.4 Å². The van der Waals surface area contributed by atoms with E-state index in [1.165, 1.54) is 6.33 Å². The zero-order valence-corrected chi connectivity index (χ0v) is 17.1. The molecule has 3 aromatic heterocycles. The van der Waals surface area contributed by atoms with Crippen molar-refractivity contribution in [1.29, 1.82) is 0 Å². The number of carbonyl (C=O) groups excluding carboxylic acids is 1. The predicted octanol–water partition coefficient (Wildman–Crippen LogP) is 2.72. The average molecular weight is 413 g/mol. The van der Waals surface area contributed by atoms with Crippen molar-refractivity contribution < 1.29 is 4.79 Å². The smallest absolute Gasteiger partial charge is 0.254 e. The fraction of sp³-hybridized carbons (Fsp3) is 0.261. The van der Waals surface area contributed by atoms with Crippen molar-refractivity contribution in [1.82, 2.24) is 29.9 Å². The molecule has 1 aliphatic rings. The Morgan fingerprint density at radius 1 is 1.16 bits per heavy atom. The van der Waals surface area contributed by atoms with E-state index in [1.807, 2.05) is 48.5 Å². The Bertz CT molecular complexity index is 1180. The molecule has 0 unspecified atom stereocenters. The molecule has 156 valence electrons. The molecule has 4 heterocycles. The summed E-state index contributed by atoms with van der Waals surface area (Å²) in [4.78, 5) is 28.1. The summed E-state index contributed by atoms with van der Waals surface area (Å²) in [5.74, 6) is 1.45. The first kappa shape index (κ1) is 19.2. The summed E-state index contributed by atoms with van der Waals surface area (Å²) in [6, 6.07) is 15.9. The number of nitrogens with one attached hydrogen (secondary N) is 1. The van der Waals surface area contributed by atoms with Crippen LogP contribution in [0.4, 0.5) is 5.82 Å². The van der Waals surface area contributed by atoms with E-state index in [-0.39, 0.29) is 11.8 Å². The second-order valence-electron chi connectivity index (χ2n) is 7.70. The van der Waals surface area contributed by atoms with Gasteiger partial charge in [0.15, 0.2) is 0 Å². The van der Waals surface area contributed by atoms with Crippen molar-refractivity contribution in [3.63, 3.8) is 0 Å². The first-order chi connectivity index (χ1) is 15.3. The summed E-state index contributed by atoms with van der Waals surface area (Å²) in [7, 11) is 0. The fourth-order valence-corrected chi connectivity index (χ4v) is 4.01. The molecule has 4 aromatic rings. The molecule has 1 aromatic carbocycles. The summed E-state index contributed by atoms with van der Waals surface area (Å²) in [6.07, 6.45) is 6.82. The van der Waals surface area contributed by atoms with Gasteiger partial charge in [-0.1, -0.05) is 36.4 Å². The van der Waals surface area contributed by atoms with Crippen molar-refractivity contribution >= 4 is 17.5 Å². The average Bonchev–Trinajstić information content (AvgIpc) is 3.32. The van der Waals surface area contributed by atoms with Gasteiger partial charge in [0, 0.05) is 43.7 Å². The Balaban J connectivity index is 1.37. The molecule has 1 N–H and O–H groups in total. The zero-order valence-electron chi connectivity index (χ0n) is 17.1. The largest absolute Gasteiger partial charge is 0.356 e. The Labute approximate surface area is 180 Å². The van der Waals surface area contributed by atoms with Gasteiger partial charge in [0.2, 0.25) is 5.91 Å². The van der Waals surface area contributed by atoms with E-state index in [4.69, 9.17) is 0 Å². The van der Waals surface area contributed by atoms with Gasteiger partial charge in [-0.3, -0.25) is 9.78 Å². The maximum Gasteiger partial charge on any atom is 0.254 e. The number of pyridine rings is 1. The number of aromatic nitrogens is 5. The molecule has 0 saturated carbocycles. The van der Waals surface area contributed by atoms with Crippen LogP contribution in [-0.4, -0.2) is 43.6 Å². The third-order valence-corrected chi connectivity index (χ3v) is 5.61. The molecular weight excluding hydrogens is 390 g/mol. The SMILES string of the molecule is O=C(NCc1cccnc1)[C@H]1CCCN(c2cc(-c3ccccc3)nc3ncnn23)C1. The van der Waals surface area contributed by atoms with Gasteiger partial charge < -0.3 is 10.2 Å². The highest BCUT2D eigenvalue weighted by Gasteiger charge is 2.27. The highest BCUT2D eigenvalue weighted by Crippen LogP contribution is 2.27. The monoisotopic (exact) mass is 413 g/mol. The number of benzene rings is 1. The quantitative estimate of drug-likeness (QED) is 0.541. The Morgan fingerprint density at radius 3 is 2.90 bits per heavy atom. The summed E-state index contributed by atoms with van der Waals surface area (Å²) in [5.41, 5.74) is 2.87. The molecule has 0 radical (unpaired) electrons. The van der Waals surface area contributed by atoms with Gasteiger partial charge in [-0.15, -0.1) is 0 Å². The lowest BCUT2D eigenvalue weighted by atomic mass is 9.97. The van der Waals surface area contributed by atoms with E-state index in [0.29, 0.717) is 18.9 Å². The predicted molar refractivity (Wildman–Crippen MR) is 117 cm³/mol. The third kappa shape index (κ3) is 4.09. The number of hydrogen-bond donors (Lipinski definition) is 1. The molecule has 1 aliphatic heterocycles. The van der Waals surface area contributed by atoms with Gasteiger partial charge in [-0.2, -0.15) is 14.6 Å². The number of hydrogen-bond acceptors (Lipinski definition) is 6. The highest BCUT2D eigenvalue weighted by atomic mass is 16.1. The lowest BCUT2D eigenvalue weighted by molar-refractivity contribution is -0.125. The number of carbonyl (C=O) groups is 1. The van der Waals surface area contributed by atoms with Crippen LogP contribution in [0.5, 0.6) is 0 Å². The van der Waals surface area contributed by atoms with Crippen molar-refractivity contribution in [2.75, 3.05) is 18.0 Å². The van der Waals surface area contributed by atoms with Crippen LogP contribution < -0.4 is 10.2 Å². The topological polar surface area (TPSA) is 88.3 Å². The maximum atomic E-state index is 12.8. The molecule has 1 atom stereocenters. The second kappa shape index (κ2) is 8.51. The molecule has 1 amide bonds. The minimum absolute atomic E-state index is 0.0701. The maximum absolute atomic E-state index is 12.8. The van der Waals surface area contributed by atoms with E-state index >= 15 is 0 Å². The summed E-state index contributed by atoms with van der Waals surface area (Å²) in [6.45, 7) is 1.98. The van der Waals surface area contributed by atoms with Crippen molar-refractivity contribution in [2.24, 2.45) is 5.92 Å². The highest BCUT2D eigenvalue weighted by molar-refractivity contribution is 5.79. The van der Waals surface area contributed by atoms with Gasteiger partial charge >= 0.3 is 0 Å². The zero-order chi connectivity index (χ0) is 21.0. The van der Waals surface area contributed by atoms with Crippen LogP contribution in [0, 0.1) is 5.92 Å². The number of fused-ring (bicyclic) bond motifs is 1. The number of piperidine rings is 1. The van der Waals surface area contributed by atoms with Crippen LogP contribution in [0.3, 0.4) is 0 Å². The van der Waals surface area contributed by atoms with E-state index in [1.54, 1.807) is 16.9 Å². The van der Waals surface area contributed by atoms with Gasteiger partial charge in [0.05, 0.1) is 11.6 Å². The van der Waals surface area contributed by atoms with Crippen LogP contribution >= 0.6 is 0 Å². The Hall–Kier alpha value is -3.81. The Kier molecular flexibility index (Phi) is 5.26. The van der Waals surface area contributed by atoms with Crippen LogP contribution in [0.1, 0.15) is 18.4 Å². The summed E-state index contributed by atoms with van der Waals surface area (Å²) >= 11 is 0. The van der Waals surface area contributed by atoms with E-state index in [9.17, 15) is 4.79 Å². The van der Waals surface area contributed by atoms with Crippen LogP contribution in [0.2, 0.25) is 0 Å². The van der Waals surface area contributed by atoms with Crippen LogP contribution in [0.25, 0.3) is 17.0 Å². The van der Waals surface area contributed by atoms with Crippen LogP contribution in [0.15, 0.2) is 67.3 Å². The third-order valence-electron chi connectivity index (χ3n) is 5.61.